The highest BCUT2D eigenvalue weighted by atomic mass is 16.5. The van der Waals surface area contributed by atoms with Crippen molar-refractivity contribution in [1.29, 1.82) is 0 Å². The number of carbonyl (C=O) groups is 1. The average Bonchev–Trinajstić information content (AvgIpc) is 2.57. The molecule has 0 radical (unpaired) electrons. The van der Waals surface area contributed by atoms with Gasteiger partial charge in [0.25, 0.3) is 6.47 Å². The molecule has 1 aliphatic rings. The lowest BCUT2D eigenvalue weighted by molar-refractivity contribution is -0.120. The van der Waals surface area contributed by atoms with Gasteiger partial charge in [-0.15, -0.1) is 0 Å². The first-order valence-electron chi connectivity index (χ1n) is 6.72. The number of fused-ring (bicyclic) bond motifs is 2. The van der Waals surface area contributed by atoms with Crippen LogP contribution < -0.4 is 15.7 Å². The molecule has 0 N–H and O–H groups in total. The fraction of sp³-hybridized carbons (Fsp3) is 0.118. The molecular formula is C17H15BO2. The van der Waals surface area contributed by atoms with Crippen molar-refractivity contribution in [2.45, 2.75) is 13.7 Å². The van der Waals surface area contributed by atoms with E-state index in [-0.39, 0.29) is 0 Å². The fourth-order valence-corrected chi connectivity index (χ4v) is 2.80. The van der Waals surface area contributed by atoms with E-state index in [0.717, 1.165) is 5.56 Å². The Balaban J connectivity index is 2.13. The minimum absolute atomic E-state index is 0.320. The first-order chi connectivity index (χ1) is 9.69. The molecule has 0 saturated carbocycles. The van der Waals surface area contributed by atoms with E-state index in [4.69, 9.17) is 4.74 Å². The standard InChI is InChI=1S/C17H15BO2/c1-12-3-7-16-13(9-12)4-5-14-10-15(20-11-19)6-8-17(14)18(16)2/h3-11H,1-2H3. The van der Waals surface area contributed by atoms with Crippen molar-refractivity contribution in [3.05, 3.63) is 53.1 Å². The summed E-state index contributed by atoms with van der Waals surface area (Å²) in [5.74, 6) is 0.581. The molecule has 3 heteroatoms. The highest BCUT2D eigenvalue weighted by Gasteiger charge is 2.20. The largest absolute Gasteiger partial charge is 0.429 e. The summed E-state index contributed by atoms with van der Waals surface area (Å²) in [5, 5.41) is 0. The zero-order valence-electron chi connectivity index (χ0n) is 11.6. The van der Waals surface area contributed by atoms with Gasteiger partial charge in [-0.3, -0.25) is 4.79 Å². The number of hydrogen-bond acceptors (Lipinski definition) is 2. The Hall–Kier alpha value is -2.29. The van der Waals surface area contributed by atoms with Gasteiger partial charge in [-0.1, -0.05) is 59.7 Å². The molecule has 0 fully saturated rings. The predicted molar refractivity (Wildman–Crippen MR) is 84.1 cm³/mol. The zero-order chi connectivity index (χ0) is 14.1. The molecule has 1 heterocycles. The van der Waals surface area contributed by atoms with Gasteiger partial charge in [-0.25, -0.2) is 0 Å². The SMILES string of the molecule is CB1c2ccc(C)cc2C=Cc2cc(OC=O)ccc21. The Kier molecular flexibility index (Phi) is 3.19. The normalized spacial score (nSPS) is 12.4. The van der Waals surface area contributed by atoms with Crippen LogP contribution in [0.15, 0.2) is 36.4 Å². The Morgan fingerprint density at radius 1 is 1.00 bits per heavy atom. The smallest absolute Gasteiger partial charge is 0.298 e. The minimum atomic E-state index is 0.320. The monoisotopic (exact) mass is 262 g/mol. The molecule has 2 nitrogen and oxygen atoms in total. The van der Waals surface area contributed by atoms with Gasteiger partial charge in [0.05, 0.1) is 0 Å². The van der Waals surface area contributed by atoms with E-state index < -0.39 is 0 Å². The maximum atomic E-state index is 10.5. The number of hydrogen-bond donors (Lipinski definition) is 0. The van der Waals surface area contributed by atoms with Crippen molar-refractivity contribution in [1.82, 2.24) is 0 Å². The summed E-state index contributed by atoms with van der Waals surface area (Å²) in [6.07, 6.45) is 4.23. The first-order valence-corrected chi connectivity index (χ1v) is 6.72. The van der Waals surface area contributed by atoms with Crippen LogP contribution in [0.1, 0.15) is 16.7 Å². The summed E-state index contributed by atoms with van der Waals surface area (Å²) in [6, 6.07) is 12.4. The van der Waals surface area contributed by atoms with Crippen LogP contribution in [0.3, 0.4) is 0 Å². The van der Waals surface area contributed by atoms with Gasteiger partial charge in [-0.2, -0.15) is 0 Å². The molecule has 0 unspecified atom stereocenters. The van der Waals surface area contributed by atoms with Crippen molar-refractivity contribution in [2.24, 2.45) is 0 Å². The third kappa shape index (κ3) is 2.16. The third-order valence-electron chi connectivity index (χ3n) is 3.86. The van der Waals surface area contributed by atoms with Gasteiger partial charge in [0, 0.05) is 0 Å². The molecule has 0 saturated heterocycles. The molecule has 3 rings (SSSR count). The molecule has 1 aliphatic heterocycles. The molecule has 0 amide bonds. The number of benzene rings is 2. The molecule has 20 heavy (non-hydrogen) atoms. The maximum absolute atomic E-state index is 10.5. The van der Waals surface area contributed by atoms with Gasteiger partial charge in [0.2, 0.25) is 6.71 Å². The van der Waals surface area contributed by atoms with Crippen molar-refractivity contribution >= 4 is 36.3 Å². The molecule has 98 valence electrons. The van der Waals surface area contributed by atoms with Crippen LogP contribution in [-0.4, -0.2) is 13.2 Å². The molecule has 2 aromatic rings. The fourth-order valence-electron chi connectivity index (χ4n) is 2.80. The van der Waals surface area contributed by atoms with Gasteiger partial charge in [0.1, 0.15) is 5.75 Å². The van der Waals surface area contributed by atoms with Crippen LogP contribution in [-0.2, 0) is 4.79 Å². The lowest BCUT2D eigenvalue weighted by Crippen LogP contribution is -2.41. The Morgan fingerprint density at radius 3 is 2.35 bits per heavy atom. The zero-order valence-corrected chi connectivity index (χ0v) is 11.6. The molecule has 0 aliphatic carbocycles. The second-order valence-electron chi connectivity index (χ2n) is 5.19. The van der Waals surface area contributed by atoms with Crippen LogP contribution in [0, 0.1) is 6.92 Å². The molecule has 0 aromatic heterocycles. The number of ether oxygens (including phenoxy) is 1. The van der Waals surface area contributed by atoms with Crippen LogP contribution in [0.2, 0.25) is 6.82 Å². The second-order valence-corrected chi connectivity index (χ2v) is 5.19. The molecule has 2 aromatic carbocycles. The van der Waals surface area contributed by atoms with E-state index in [9.17, 15) is 4.79 Å². The minimum Gasteiger partial charge on any atom is -0.429 e. The molecule has 0 atom stereocenters. The predicted octanol–water partition coefficient (Wildman–Crippen LogP) is 2.25. The van der Waals surface area contributed by atoms with Gasteiger partial charge < -0.3 is 4.74 Å². The number of aryl methyl sites for hydroxylation is 1. The van der Waals surface area contributed by atoms with E-state index in [2.05, 4.69) is 44.1 Å². The van der Waals surface area contributed by atoms with E-state index in [1.165, 1.54) is 22.1 Å². The quantitative estimate of drug-likeness (QED) is 0.613. The molecule has 0 spiro atoms. The third-order valence-corrected chi connectivity index (χ3v) is 3.86. The summed E-state index contributed by atoms with van der Waals surface area (Å²) in [5.41, 5.74) is 6.20. The van der Waals surface area contributed by atoms with E-state index >= 15 is 0 Å². The second kappa shape index (κ2) is 5.01. The van der Waals surface area contributed by atoms with Gasteiger partial charge in [-0.05, 0) is 30.2 Å². The average molecular weight is 262 g/mol. The number of carbonyl (C=O) groups excluding carboxylic acids is 1. The lowest BCUT2D eigenvalue weighted by Gasteiger charge is -2.13. The Bertz CT molecular complexity index is 704. The summed E-state index contributed by atoms with van der Waals surface area (Å²) in [6.45, 7) is 5.09. The summed E-state index contributed by atoms with van der Waals surface area (Å²) < 4.78 is 4.93. The van der Waals surface area contributed by atoms with Crippen LogP contribution in [0.5, 0.6) is 5.75 Å². The maximum Gasteiger partial charge on any atom is 0.298 e. The summed E-state index contributed by atoms with van der Waals surface area (Å²) in [4.78, 5) is 10.5. The Morgan fingerprint density at radius 2 is 1.65 bits per heavy atom. The number of rotatable bonds is 2. The first kappa shape index (κ1) is 12.7. The molecular weight excluding hydrogens is 247 g/mol. The van der Waals surface area contributed by atoms with E-state index in [1.54, 1.807) is 0 Å². The summed E-state index contributed by atoms with van der Waals surface area (Å²) >= 11 is 0. The van der Waals surface area contributed by atoms with Crippen molar-refractivity contribution in [2.75, 3.05) is 0 Å². The highest BCUT2D eigenvalue weighted by Crippen LogP contribution is 2.18. The van der Waals surface area contributed by atoms with Gasteiger partial charge >= 0.3 is 0 Å². The van der Waals surface area contributed by atoms with E-state index in [0.29, 0.717) is 18.9 Å². The Labute approximate surface area is 119 Å². The lowest BCUT2D eigenvalue weighted by atomic mass is 9.41. The van der Waals surface area contributed by atoms with Crippen molar-refractivity contribution in [3.8, 4) is 5.75 Å². The van der Waals surface area contributed by atoms with Crippen LogP contribution in [0.4, 0.5) is 0 Å². The van der Waals surface area contributed by atoms with Crippen LogP contribution in [0.25, 0.3) is 12.2 Å². The van der Waals surface area contributed by atoms with Crippen molar-refractivity contribution in [3.63, 3.8) is 0 Å². The summed E-state index contributed by atoms with van der Waals surface area (Å²) in [7, 11) is 0. The van der Waals surface area contributed by atoms with Crippen LogP contribution >= 0.6 is 0 Å². The van der Waals surface area contributed by atoms with E-state index in [1.807, 2.05) is 18.2 Å². The van der Waals surface area contributed by atoms with Crippen molar-refractivity contribution < 1.29 is 9.53 Å². The topological polar surface area (TPSA) is 26.3 Å². The molecule has 0 bridgehead atoms. The van der Waals surface area contributed by atoms with Gasteiger partial charge in [0.15, 0.2) is 0 Å². The highest BCUT2D eigenvalue weighted by molar-refractivity contribution is 6.85.